The highest BCUT2D eigenvalue weighted by atomic mass is 32.2. The Morgan fingerprint density at radius 3 is 2.54 bits per heavy atom. The number of aromatic nitrogens is 1. The number of nitrogens with zero attached hydrogens (tertiary/aromatic N) is 1. The van der Waals surface area contributed by atoms with Crippen LogP contribution in [0.3, 0.4) is 0 Å². The third-order valence-corrected chi connectivity index (χ3v) is 5.39. The fourth-order valence-electron chi connectivity index (χ4n) is 2.47. The van der Waals surface area contributed by atoms with E-state index in [1.807, 2.05) is 24.3 Å². The predicted molar refractivity (Wildman–Crippen MR) is 100 cm³/mol. The highest BCUT2D eigenvalue weighted by Crippen LogP contribution is 2.29. The second-order valence-electron chi connectivity index (χ2n) is 5.69. The average Bonchev–Trinajstić information content (AvgIpc) is 3.21. The van der Waals surface area contributed by atoms with Crippen LogP contribution in [0.2, 0.25) is 0 Å². The van der Waals surface area contributed by atoms with E-state index in [9.17, 15) is 13.2 Å². The van der Waals surface area contributed by atoms with Crippen LogP contribution in [0.5, 0.6) is 5.75 Å². The van der Waals surface area contributed by atoms with Crippen LogP contribution in [0, 0.1) is 0 Å². The Morgan fingerprint density at radius 2 is 1.86 bits per heavy atom. The van der Waals surface area contributed by atoms with Crippen LogP contribution in [0.1, 0.15) is 16.1 Å². The van der Waals surface area contributed by atoms with E-state index in [1.54, 1.807) is 13.2 Å². The third kappa shape index (κ3) is 4.21. The van der Waals surface area contributed by atoms with Crippen molar-refractivity contribution in [1.29, 1.82) is 0 Å². The number of hydrogen-bond acceptors (Lipinski definition) is 7. The molecule has 0 amide bonds. The van der Waals surface area contributed by atoms with Crippen molar-refractivity contribution in [2.75, 3.05) is 14.2 Å². The number of ether oxygens (including phenoxy) is 2. The molecule has 0 fully saturated rings. The molecular weight excluding hydrogens is 384 g/mol. The average molecular weight is 402 g/mol. The van der Waals surface area contributed by atoms with Crippen molar-refractivity contribution in [3.8, 4) is 17.0 Å². The summed E-state index contributed by atoms with van der Waals surface area (Å²) in [6.45, 7) is -0.114. The summed E-state index contributed by atoms with van der Waals surface area (Å²) in [7, 11) is -0.683. The molecule has 0 spiro atoms. The Bertz CT molecular complexity index is 1070. The predicted octanol–water partition coefficient (Wildman–Crippen LogP) is 2.62. The Kier molecular flexibility index (Phi) is 5.76. The van der Waals surface area contributed by atoms with Gasteiger partial charge in [-0.2, -0.15) is 0 Å². The molecule has 0 aliphatic rings. The molecule has 3 rings (SSSR count). The minimum absolute atomic E-state index is 0.0586. The SMILES string of the molecule is CNS(=O)(=O)c1ccc(C(=O)OCc2cc(-c3ccccc3OC)no2)cc1. The second-order valence-corrected chi connectivity index (χ2v) is 7.57. The Hall–Kier alpha value is -3.17. The summed E-state index contributed by atoms with van der Waals surface area (Å²) in [5.41, 5.74) is 1.54. The van der Waals surface area contributed by atoms with Crippen LogP contribution >= 0.6 is 0 Å². The molecule has 1 heterocycles. The first-order valence-corrected chi connectivity index (χ1v) is 9.72. The molecule has 0 saturated carbocycles. The van der Waals surface area contributed by atoms with Gasteiger partial charge in [0.2, 0.25) is 10.0 Å². The van der Waals surface area contributed by atoms with E-state index < -0.39 is 16.0 Å². The maximum Gasteiger partial charge on any atom is 0.338 e. The lowest BCUT2D eigenvalue weighted by Crippen LogP contribution is -2.18. The number of carbonyl (C=O) groups is 1. The topological polar surface area (TPSA) is 108 Å². The highest BCUT2D eigenvalue weighted by Gasteiger charge is 2.15. The van der Waals surface area contributed by atoms with Gasteiger partial charge in [-0.15, -0.1) is 0 Å². The number of carbonyl (C=O) groups excluding carboxylic acids is 1. The molecular formula is C19H18N2O6S. The summed E-state index contributed by atoms with van der Waals surface area (Å²) in [4.78, 5) is 12.2. The van der Waals surface area contributed by atoms with Crippen LogP contribution < -0.4 is 9.46 Å². The van der Waals surface area contributed by atoms with Gasteiger partial charge in [0.1, 0.15) is 11.4 Å². The van der Waals surface area contributed by atoms with Crippen molar-refractivity contribution in [3.63, 3.8) is 0 Å². The van der Waals surface area contributed by atoms with Gasteiger partial charge in [0.15, 0.2) is 12.4 Å². The number of sulfonamides is 1. The van der Waals surface area contributed by atoms with Crippen molar-refractivity contribution < 1.29 is 27.2 Å². The Balaban J connectivity index is 1.66. The van der Waals surface area contributed by atoms with Gasteiger partial charge in [-0.3, -0.25) is 0 Å². The zero-order valence-corrected chi connectivity index (χ0v) is 16.0. The van der Waals surface area contributed by atoms with Crippen LogP contribution in [-0.2, 0) is 21.4 Å². The van der Waals surface area contributed by atoms with Gasteiger partial charge in [0.25, 0.3) is 0 Å². The number of rotatable bonds is 7. The van der Waals surface area contributed by atoms with Gasteiger partial charge < -0.3 is 14.0 Å². The maximum absolute atomic E-state index is 12.2. The number of para-hydroxylation sites is 1. The highest BCUT2D eigenvalue weighted by molar-refractivity contribution is 7.89. The largest absolute Gasteiger partial charge is 0.496 e. The summed E-state index contributed by atoms with van der Waals surface area (Å²) in [6.07, 6.45) is 0. The lowest BCUT2D eigenvalue weighted by Gasteiger charge is -2.05. The molecule has 3 aromatic rings. The van der Waals surface area contributed by atoms with Crippen molar-refractivity contribution in [2.24, 2.45) is 0 Å². The fraction of sp³-hybridized carbons (Fsp3) is 0.158. The smallest absolute Gasteiger partial charge is 0.338 e. The normalized spacial score (nSPS) is 11.2. The van der Waals surface area contributed by atoms with Gasteiger partial charge in [-0.1, -0.05) is 17.3 Å². The van der Waals surface area contributed by atoms with Gasteiger partial charge in [-0.25, -0.2) is 17.9 Å². The Labute approximate surface area is 162 Å². The van der Waals surface area contributed by atoms with Gasteiger partial charge in [-0.05, 0) is 43.4 Å². The molecule has 28 heavy (non-hydrogen) atoms. The first kappa shape index (κ1) is 19.6. The van der Waals surface area contributed by atoms with Crippen molar-refractivity contribution >= 4 is 16.0 Å². The van der Waals surface area contributed by atoms with E-state index in [0.29, 0.717) is 17.2 Å². The monoisotopic (exact) mass is 402 g/mol. The molecule has 1 N–H and O–H groups in total. The third-order valence-electron chi connectivity index (χ3n) is 3.96. The number of methoxy groups -OCH3 is 1. The van der Waals surface area contributed by atoms with Gasteiger partial charge in [0.05, 0.1) is 17.6 Å². The molecule has 0 bridgehead atoms. The van der Waals surface area contributed by atoms with Gasteiger partial charge in [0, 0.05) is 11.6 Å². The van der Waals surface area contributed by atoms with Crippen molar-refractivity contribution in [3.05, 3.63) is 65.9 Å². The number of benzene rings is 2. The minimum atomic E-state index is -3.56. The molecule has 0 radical (unpaired) electrons. The lowest BCUT2D eigenvalue weighted by atomic mass is 10.1. The summed E-state index contributed by atoms with van der Waals surface area (Å²) in [6, 6.07) is 14.4. The zero-order chi connectivity index (χ0) is 20.1. The minimum Gasteiger partial charge on any atom is -0.496 e. The standard InChI is InChI=1S/C19H18N2O6S/c1-20-28(23,24)15-9-7-13(8-10-15)19(22)26-12-14-11-17(21-27-14)16-5-3-4-6-18(16)25-2/h3-11,20H,12H2,1-2H3. The molecule has 0 atom stereocenters. The molecule has 2 aromatic carbocycles. The quantitative estimate of drug-likeness (QED) is 0.605. The molecule has 9 heteroatoms. The fourth-order valence-corrected chi connectivity index (χ4v) is 3.20. The molecule has 0 aliphatic carbocycles. The van der Waals surface area contributed by atoms with E-state index in [0.717, 1.165) is 5.56 Å². The van der Waals surface area contributed by atoms with E-state index in [4.69, 9.17) is 14.0 Å². The first-order chi connectivity index (χ1) is 13.4. The molecule has 0 aliphatic heterocycles. The molecule has 146 valence electrons. The van der Waals surface area contributed by atoms with E-state index in [-0.39, 0.29) is 17.1 Å². The summed E-state index contributed by atoms with van der Waals surface area (Å²) in [5.74, 6) is 0.406. The van der Waals surface area contributed by atoms with Crippen molar-refractivity contribution in [1.82, 2.24) is 9.88 Å². The number of hydrogen-bond donors (Lipinski definition) is 1. The zero-order valence-electron chi connectivity index (χ0n) is 15.2. The molecule has 1 aromatic heterocycles. The van der Waals surface area contributed by atoms with Crippen LogP contribution in [0.15, 0.2) is 64.0 Å². The number of nitrogens with one attached hydrogen (secondary N) is 1. The van der Waals surface area contributed by atoms with Crippen LogP contribution in [0.4, 0.5) is 0 Å². The Morgan fingerprint density at radius 1 is 1.14 bits per heavy atom. The van der Waals surface area contributed by atoms with Crippen molar-refractivity contribution in [2.45, 2.75) is 11.5 Å². The van der Waals surface area contributed by atoms with E-state index >= 15 is 0 Å². The first-order valence-electron chi connectivity index (χ1n) is 8.24. The van der Waals surface area contributed by atoms with E-state index in [2.05, 4.69) is 9.88 Å². The molecule has 0 saturated heterocycles. The lowest BCUT2D eigenvalue weighted by molar-refractivity contribution is 0.0437. The number of esters is 1. The summed E-state index contributed by atoms with van der Waals surface area (Å²) < 4.78 is 41.3. The van der Waals surface area contributed by atoms with E-state index in [1.165, 1.54) is 31.3 Å². The van der Waals surface area contributed by atoms with Gasteiger partial charge >= 0.3 is 5.97 Å². The van der Waals surface area contributed by atoms with Crippen LogP contribution in [0.25, 0.3) is 11.3 Å². The molecule has 8 nitrogen and oxygen atoms in total. The summed E-state index contributed by atoms with van der Waals surface area (Å²) in [5, 5.41) is 3.97. The second kappa shape index (κ2) is 8.24. The summed E-state index contributed by atoms with van der Waals surface area (Å²) >= 11 is 0. The van der Waals surface area contributed by atoms with Crippen LogP contribution in [-0.4, -0.2) is 33.7 Å². The molecule has 0 unspecified atom stereocenters. The maximum atomic E-state index is 12.2.